The number of hydrogen-bond donors (Lipinski definition) is 0. The van der Waals surface area contributed by atoms with E-state index in [0.29, 0.717) is 12.0 Å². The molecule has 2 rings (SSSR count). The molecule has 170 valence electrons. The number of aryl methyl sites for hydroxylation is 1. The first-order chi connectivity index (χ1) is 14.4. The van der Waals surface area contributed by atoms with Gasteiger partial charge in [-0.05, 0) is 30.5 Å². The third-order valence-electron chi connectivity index (χ3n) is 4.08. The molecule has 0 aliphatic heterocycles. The highest BCUT2D eigenvalue weighted by Gasteiger charge is 2.38. The van der Waals surface area contributed by atoms with E-state index < -0.39 is 52.9 Å². The highest BCUT2D eigenvalue weighted by Crippen LogP contribution is 2.36. The van der Waals surface area contributed by atoms with Crippen LogP contribution in [0.5, 0.6) is 11.5 Å². The molecule has 0 bridgehead atoms. The minimum atomic E-state index is -4.78. The van der Waals surface area contributed by atoms with E-state index in [1.54, 1.807) is 0 Å². The summed E-state index contributed by atoms with van der Waals surface area (Å²) in [5.74, 6) is -6.71. The Labute approximate surface area is 173 Å². The first-order valence-corrected chi connectivity index (χ1v) is 9.19. The standard InChI is InChI=1S/C21H18F8O2/c1-2-3-4-5-13-6-7-15(16(22)10-13)21(28,29)31-14-11-17(23)19(18(24)12-14)30-9-8-20(25,26)27/h6-12H,2-5H2,1H3/b9-8+. The molecule has 0 amide bonds. The molecule has 0 aromatic heterocycles. The van der Waals surface area contributed by atoms with Gasteiger partial charge in [0, 0.05) is 12.1 Å². The number of ether oxygens (including phenoxy) is 2. The Morgan fingerprint density at radius 1 is 0.871 bits per heavy atom. The second-order valence-corrected chi connectivity index (χ2v) is 6.57. The van der Waals surface area contributed by atoms with E-state index in [1.807, 2.05) is 6.92 Å². The summed E-state index contributed by atoms with van der Waals surface area (Å²) in [4.78, 5) is 0. The van der Waals surface area contributed by atoms with Gasteiger partial charge in [-0.25, -0.2) is 13.2 Å². The highest BCUT2D eigenvalue weighted by molar-refractivity contribution is 5.36. The highest BCUT2D eigenvalue weighted by atomic mass is 19.4. The minimum Gasteiger partial charge on any atom is -0.459 e. The van der Waals surface area contributed by atoms with Crippen molar-refractivity contribution in [2.24, 2.45) is 0 Å². The van der Waals surface area contributed by atoms with Crippen LogP contribution in [0.25, 0.3) is 0 Å². The van der Waals surface area contributed by atoms with Crippen molar-refractivity contribution < 1.29 is 44.6 Å². The molecular weight excluding hydrogens is 436 g/mol. The summed E-state index contributed by atoms with van der Waals surface area (Å²) in [7, 11) is 0. The Morgan fingerprint density at radius 2 is 1.52 bits per heavy atom. The van der Waals surface area contributed by atoms with Gasteiger partial charge in [-0.3, -0.25) is 0 Å². The topological polar surface area (TPSA) is 18.5 Å². The van der Waals surface area contributed by atoms with E-state index in [0.717, 1.165) is 31.4 Å². The number of hydrogen-bond acceptors (Lipinski definition) is 2. The van der Waals surface area contributed by atoms with Gasteiger partial charge < -0.3 is 9.47 Å². The van der Waals surface area contributed by atoms with Gasteiger partial charge in [-0.15, -0.1) is 0 Å². The average Bonchev–Trinajstić information content (AvgIpc) is 2.63. The molecule has 10 heteroatoms. The van der Waals surface area contributed by atoms with Crippen molar-refractivity contribution in [1.29, 1.82) is 0 Å². The lowest BCUT2D eigenvalue weighted by molar-refractivity contribution is -0.187. The smallest absolute Gasteiger partial charge is 0.429 e. The van der Waals surface area contributed by atoms with Crippen molar-refractivity contribution in [2.75, 3.05) is 0 Å². The van der Waals surface area contributed by atoms with Gasteiger partial charge >= 0.3 is 12.3 Å². The van der Waals surface area contributed by atoms with Crippen LogP contribution in [0.1, 0.15) is 37.3 Å². The van der Waals surface area contributed by atoms with Crippen LogP contribution < -0.4 is 9.47 Å². The maximum Gasteiger partial charge on any atom is 0.429 e. The van der Waals surface area contributed by atoms with Crippen LogP contribution >= 0.6 is 0 Å². The van der Waals surface area contributed by atoms with E-state index in [9.17, 15) is 35.1 Å². The fourth-order valence-electron chi connectivity index (χ4n) is 2.62. The number of unbranched alkanes of at least 4 members (excludes halogenated alkanes) is 2. The number of halogens is 8. The van der Waals surface area contributed by atoms with Crippen LogP contribution in [0, 0.1) is 17.5 Å². The van der Waals surface area contributed by atoms with Gasteiger partial charge in [0.25, 0.3) is 0 Å². The molecule has 2 aromatic carbocycles. The van der Waals surface area contributed by atoms with Crippen molar-refractivity contribution in [1.82, 2.24) is 0 Å². The average molecular weight is 454 g/mol. The number of alkyl halides is 5. The fraction of sp³-hybridized carbons (Fsp3) is 0.333. The second kappa shape index (κ2) is 10.0. The number of allylic oxidation sites excluding steroid dienone is 1. The predicted molar refractivity (Wildman–Crippen MR) is 96.3 cm³/mol. The summed E-state index contributed by atoms with van der Waals surface area (Å²) in [6, 6.07) is 3.63. The molecule has 0 saturated heterocycles. The summed E-state index contributed by atoms with van der Waals surface area (Å²) in [5, 5.41) is 0. The monoisotopic (exact) mass is 454 g/mol. The first kappa shape index (κ1) is 24.5. The largest absolute Gasteiger partial charge is 0.459 e. The van der Waals surface area contributed by atoms with E-state index >= 15 is 0 Å². The summed E-state index contributed by atoms with van der Waals surface area (Å²) >= 11 is 0. The zero-order chi connectivity index (χ0) is 23.2. The first-order valence-electron chi connectivity index (χ1n) is 9.19. The van der Waals surface area contributed by atoms with Crippen LogP contribution in [0.3, 0.4) is 0 Å². The van der Waals surface area contributed by atoms with Crippen LogP contribution in [0.15, 0.2) is 42.7 Å². The summed E-state index contributed by atoms with van der Waals surface area (Å²) in [6.07, 6.45) is -6.40. The van der Waals surface area contributed by atoms with Gasteiger partial charge in [0.15, 0.2) is 17.4 Å². The van der Waals surface area contributed by atoms with Crippen molar-refractivity contribution in [3.05, 3.63) is 71.2 Å². The Hall–Kier alpha value is -2.78. The summed E-state index contributed by atoms with van der Waals surface area (Å²) < 4.78 is 115. The molecule has 0 atom stereocenters. The molecule has 0 fully saturated rings. The number of rotatable bonds is 9. The lowest BCUT2D eigenvalue weighted by Crippen LogP contribution is -2.23. The Morgan fingerprint density at radius 3 is 2.06 bits per heavy atom. The molecule has 0 radical (unpaired) electrons. The lowest BCUT2D eigenvalue weighted by atomic mass is 10.0. The molecule has 2 nitrogen and oxygen atoms in total. The molecular formula is C21H18F8O2. The molecule has 31 heavy (non-hydrogen) atoms. The third kappa shape index (κ3) is 7.15. The van der Waals surface area contributed by atoms with Crippen LogP contribution in [-0.4, -0.2) is 6.18 Å². The lowest BCUT2D eigenvalue weighted by Gasteiger charge is -2.19. The summed E-state index contributed by atoms with van der Waals surface area (Å²) in [5.41, 5.74) is -0.628. The molecule has 0 N–H and O–H groups in total. The van der Waals surface area contributed by atoms with E-state index in [-0.39, 0.29) is 18.4 Å². The van der Waals surface area contributed by atoms with Gasteiger partial charge in [0.1, 0.15) is 11.6 Å². The predicted octanol–water partition coefficient (Wildman–Crippen LogP) is 7.42. The molecule has 0 aliphatic carbocycles. The Kier molecular flexibility index (Phi) is 7.91. The van der Waals surface area contributed by atoms with Crippen LogP contribution in [0.4, 0.5) is 35.1 Å². The van der Waals surface area contributed by atoms with E-state index in [2.05, 4.69) is 9.47 Å². The van der Waals surface area contributed by atoms with Crippen molar-refractivity contribution in [2.45, 2.75) is 44.9 Å². The van der Waals surface area contributed by atoms with Gasteiger partial charge in [-0.2, -0.15) is 22.0 Å². The normalized spacial score (nSPS) is 12.4. The molecule has 0 saturated carbocycles. The zero-order valence-electron chi connectivity index (χ0n) is 16.2. The third-order valence-corrected chi connectivity index (χ3v) is 4.08. The van der Waals surface area contributed by atoms with Crippen LogP contribution in [0.2, 0.25) is 0 Å². The van der Waals surface area contributed by atoms with Crippen molar-refractivity contribution in [3.8, 4) is 11.5 Å². The zero-order valence-corrected chi connectivity index (χ0v) is 16.2. The van der Waals surface area contributed by atoms with Gasteiger partial charge in [0.05, 0.1) is 17.9 Å². The number of benzene rings is 2. The van der Waals surface area contributed by atoms with Crippen molar-refractivity contribution >= 4 is 0 Å². The van der Waals surface area contributed by atoms with Gasteiger partial charge in [-0.1, -0.05) is 25.8 Å². The molecule has 0 aliphatic rings. The molecule has 0 unspecified atom stereocenters. The minimum absolute atomic E-state index is 0.00588. The second-order valence-electron chi connectivity index (χ2n) is 6.57. The van der Waals surface area contributed by atoms with Gasteiger partial charge in [0.2, 0.25) is 0 Å². The fourth-order valence-corrected chi connectivity index (χ4v) is 2.62. The Bertz CT molecular complexity index is 899. The maximum atomic E-state index is 14.4. The van der Waals surface area contributed by atoms with E-state index in [4.69, 9.17) is 0 Å². The molecule has 0 spiro atoms. The summed E-state index contributed by atoms with van der Waals surface area (Å²) in [6.45, 7) is 1.98. The van der Waals surface area contributed by atoms with E-state index in [1.165, 1.54) is 6.07 Å². The van der Waals surface area contributed by atoms with Crippen LogP contribution in [-0.2, 0) is 12.5 Å². The molecule has 2 aromatic rings. The maximum absolute atomic E-state index is 14.4. The molecule has 0 heterocycles. The Balaban J connectivity index is 2.18. The SMILES string of the molecule is CCCCCc1ccc(C(F)(F)Oc2cc(F)c(O/C=C/C(F)(F)F)c(F)c2)c(F)c1. The van der Waals surface area contributed by atoms with Crippen molar-refractivity contribution in [3.63, 3.8) is 0 Å². The quantitative estimate of drug-likeness (QED) is 0.223.